The van der Waals surface area contributed by atoms with Crippen LogP contribution in [-0.4, -0.2) is 47.4 Å². The lowest BCUT2D eigenvalue weighted by Crippen LogP contribution is -2.45. The predicted molar refractivity (Wildman–Crippen MR) is 283 cm³/mol. The normalized spacial score (nSPS) is 12.7. The average molecular weight is 917 g/mol. The van der Waals surface area contributed by atoms with Crippen LogP contribution in [0.3, 0.4) is 0 Å². The molecule has 0 aromatic heterocycles. The molecule has 0 fully saturated rings. The molecule has 0 bridgehead atoms. The molecule has 0 spiro atoms. The summed E-state index contributed by atoms with van der Waals surface area (Å²) in [6.45, 7) is 4.92. The van der Waals surface area contributed by atoms with E-state index in [9.17, 15) is 19.8 Å². The van der Waals surface area contributed by atoms with E-state index in [0.29, 0.717) is 25.9 Å². The van der Waals surface area contributed by atoms with Gasteiger partial charge in [-0.15, -0.1) is 0 Å². The highest BCUT2D eigenvalue weighted by Gasteiger charge is 2.20. The minimum Gasteiger partial charge on any atom is -0.466 e. The van der Waals surface area contributed by atoms with Crippen molar-refractivity contribution in [3.8, 4) is 0 Å². The Morgan fingerprint density at radius 2 is 0.723 bits per heavy atom. The molecular weight excluding hydrogens is 803 g/mol. The molecule has 0 aliphatic rings. The maximum absolute atomic E-state index is 12.4. The lowest BCUT2D eigenvalue weighted by molar-refractivity contribution is -0.143. The van der Waals surface area contributed by atoms with Crippen molar-refractivity contribution in [1.82, 2.24) is 5.32 Å². The van der Waals surface area contributed by atoms with Crippen LogP contribution in [0.5, 0.6) is 0 Å². The van der Waals surface area contributed by atoms with E-state index in [4.69, 9.17) is 4.74 Å². The summed E-state index contributed by atoms with van der Waals surface area (Å²) in [5.74, 6) is -0.0353. The summed E-state index contributed by atoms with van der Waals surface area (Å²) >= 11 is 0. The van der Waals surface area contributed by atoms with Gasteiger partial charge < -0.3 is 20.3 Å². The van der Waals surface area contributed by atoms with Gasteiger partial charge in [0.05, 0.1) is 25.4 Å². The minimum absolute atomic E-state index is 0.00327. The summed E-state index contributed by atoms with van der Waals surface area (Å²) in [5, 5.41) is 23.2. The third-order valence-electron chi connectivity index (χ3n) is 13.5. The number of unbranched alkanes of at least 4 members (excludes halogenated alkanes) is 39. The molecule has 0 aliphatic heterocycles. The fourth-order valence-corrected chi connectivity index (χ4v) is 8.98. The Hall–Kier alpha value is -1.66. The number of ether oxygens (including phenoxy) is 1. The van der Waals surface area contributed by atoms with Gasteiger partial charge in [-0.05, 0) is 77.0 Å². The number of allylic oxidation sites excluding steroid dienone is 4. The Bertz CT molecular complexity index is 1010. The van der Waals surface area contributed by atoms with Gasteiger partial charge in [0.1, 0.15) is 0 Å². The van der Waals surface area contributed by atoms with E-state index in [1.807, 2.05) is 0 Å². The van der Waals surface area contributed by atoms with Gasteiger partial charge >= 0.3 is 5.97 Å². The molecule has 384 valence electrons. The molecule has 0 aliphatic carbocycles. The fraction of sp³-hybridized carbons (Fsp3) is 0.898. The molecule has 2 unspecified atom stereocenters. The summed E-state index contributed by atoms with van der Waals surface area (Å²) in [6, 6.07) is -0.542. The van der Waals surface area contributed by atoms with E-state index < -0.39 is 12.1 Å². The number of hydrogen-bond donors (Lipinski definition) is 3. The van der Waals surface area contributed by atoms with E-state index in [1.54, 1.807) is 0 Å². The molecule has 0 heterocycles. The van der Waals surface area contributed by atoms with Gasteiger partial charge in [0.2, 0.25) is 5.91 Å². The summed E-state index contributed by atoms with van der Waals surface area (Å²) in [7, 11) is 0. The lowest BCUT2D eigenvalue weighted by Gasteiger charge is -2.22. The minimum atomic E-state index is -0.664. The predicted octanol–water partition coefficient (Wildman–Crippen LogP) is 17.9. The molecule has 0 saturated heterocycles. The van der Waals surface area contributed by atoms with E-state index in [0.717, 1.165) is 44.9 Å². The zero-order chi connectivity index (χ0) is 47.2. The SMILES string of the molecule is CCCCC/C=C\CCCCCCCC(=O)OCCCCCCCCCCCCCC/C=C\CCCCCCCCCCCC(=O)NC(CO)C(O)CCCCCCCCCCCCC. The van der Waals surface area contributed by atoms with Gasteiger partial charge in [0.25, 0.3) is 0 Å². The van der Waals surface area contributed by atoms with Crippen LogP contribution in [-0.2, 0) is 14.3 Å². The van der Waals surface area contributed by atoms with Gasteiger partial charge in [0, 0.05) is 12.8 Å². The van der Waals surface area contributed by atoms with E-state index in [2.05, 4.69) is 43.5 Å². The monoisotopic (exact) mass is 916 g/mol. The number of carbonyl (C=O) groups is 2. The van der Waals surface area contributed by atoms with Crippen molar-refractivity contribution >= 4 is 11.9 Å². The van der Waals surface area contributed by atoms with Crippen molar-refractivity contribution in [2.24, 2.45) is 0 Å². The zero-order valence-corrected chi connectivity index (χ0v) is 43.7. The Morgan fingerprint density at radius 3 is 1.12 bits per heavy atom. The molecule has 1 amide bonds. The quantitative estimate of drug-likeness (QED) is 0.0321. The molecule has 0 aromatic carbocycles. The molecule has 6 nitrogen and oxygen atoms in total. The fourth-order valence-electron chi connectivity index (χ4n) is 8.98. The second kappa shape index (κ2) is 54.9. The van der Waals surface area contributed by atoms with Crippen LogP contribution >= 0.6 is 0 Å². The Kier molecular flexibility index (Phi) is 53.5. The zero-order valence-electron chi connectivity index (χ0n) is 43.7. The maximum Gasteiger partial charge on any atom is 0.305 e. The number of hydrogen-bond acceptors (Lipinski definition) is 5. The van der Waals surface area contributed by atoms with Gasteiger partial charge in [0.15, 0.2) is 0 Å². The van der Waals surface area contributed by atoms with Crippen LogP contribution in [0.25, 0.3) is 0 Å². The Balaban J connectivity index is 3.38. The van der Waals surface area contributed by atoms with Crippen molar-refractivity contribution in [2.45, 2.75) is 328 Å². The second-order valence-electron chi connectivity index (χ2n) is 20.0. The number of carbonyl (C=O) groups excluding carboxylic acids is 2. The molecule has 6 heteroatoms. The first kappa shape index (κ1) is 63.3. The molecular formula is C59H113NO5. The molecule has 65 heavy (non-hydrogen) atoms. The third kappa shape index (κ3) is 51.6. The van der Waals surface area contributed by atoms with Crippen LogP contribution in [0.1, 0.15) is 316 Å². The maximum atomic E-state index is 12.4. The lowest BCUT2D eigenvalue weighted by atomic mass is 10.0. The van der Waals surface area contributed by atoms with Crippen molar-refractivity contribution in [2.75, 3.05) is 13.2 Å². The average Bonchev–Trinajstić information content (AvgIpc) is 3.31. The molecule has 3 N–H and O–H groups in total. The molecule has 2 atom stereocenters. The summed E-state index contributed by atoms with van der Waals surface area (Å²) in [5.41, 5.74) is 0. The number of amides is 1. The van der Waals surface area contributed by atoms with E-state index >= 15 is 0 Å². The van der Waals surface area contributed by atoms with Crippen molar-refractivity contribution in [1.29, 1.82) is 0 Å². The Labute approximate surface area is 405 Å². The number of esters is 1. The van der Waals surface area contributed by atoms with Crippen LogP contribution in [0, 0.1) is 0 Å². The van der Waals surface area contributed by atoms with Crippen LogP contribution in [0.15, 0.2) is 24.3 Å². The largest absolute Gasteiger partial charge is 0.466 e. The Morgan fingerprint density at radius 1 is 0.415 bits per heavy atom. The number of aliphatic hydroxyl groups excluding tert-OH is 2. The smallest absolute Gasteiger partial charge is 0.305 e. The summed E-state index contributed by atoms with van der Waals surface area (Å²) in [4.78, 5) is 24.4. The third-order valence-corrected chi connectivity index (χ3v) is 13.5. The molecule has 0 saturated carbocycles. The first-order valence-corrected chi connectivity index (χ1v) is 29.1. The van der Waals surface area contributed by atoms with Crippen LogP contribution < -0.4 is 5.32 Å². The number of aliphatic hydroxyl groups is 2. The van der Waals surface area contributed by atoms with Crippen molar-refractivity contribution in [3.63, 3.8) is 0 Å². The molecule has 0 rings (SSSR count). The van der Waals surface area contributed by atoms with Gasteiger partial charge in [-0.3, -0.25) is 9.59 Å². The highest BCUT2D eigenvalue weighted by Crippen LogP contribution is 2.17. The first-order chi connectivity index (χ1) is 32.0. The van der Waals surface area contributed by atoms with E-state index in [-0.39, 0.29) is 18.5 Å². The standard InChI is InChI=1S/C59H113NO5/c1-3-5-7-9-11-13-15-33-37-41-45-49-53-59(64)65-54-50-46-42-38-34-30-28-26-24-22-20-18-16-17-19-21-23-25-27-29-32-36-40-44-48-52-58(63)60-56(55-61)57(62)51-47-43-39-35-31-14-12-10-8-6-4-2/h11,13,17,19,56-57,61-62H,3-10,12,14-16,18,20-55H2,1-2H3,(H,60,63)/b13-11-,19-17-. The topological polar surface area (TPSA) is 95.9 Å². The van der Waals surface area contributed by atoms with E-state index in [1.165, 1.54) is 238 Å². The summed E-state index contributed by atoms with van der Waals surface area (Å²) < 4.78 is 5.46. The second-order valence-corrected chi connectivity index (χ2v) is 20.0. The highest BCUT2D eigenvalue weighted by atomic mass is 16.5. The van der Waals surface area contributed by atoms with Crippen molar-refractivity contribution < 1.29 is 24.5 Å². The van der Waals surface area contributed by atoms with Crippen molar-refractivity contribution in [3.05, 3.63) is 24.3 Å². The van der Waals surface area contributed by atoms with Crippen LogP contribution in [0.2, 0.25) is 0 Å². The van der Waals surface area contributed by atoms with Gasteiger partial charge in [-0.1, -0.05) is 250 Å². The first-order valence-electron chi connectivity index (χ1n) is 29.1. The molecule has 0 aromatic rings. The number of nitrogens with one attached hydrogen (secondary N) is 1. The molecule has 0 radical (unpaired) electrons. The van der Waals surface area contributed by atoms with Gasteiger partial charge in [-0.2, -0.15) is 0 Å². The highest BCUT2D eigenvalue weighted by molar-refractivity contribution is 5.76. The van der Waals surface area contributed by atoms with Gasteiger partial charge in [-0.25, -0.2) is 0 Å². The van der Waals surface area contributed by atoms with Crippen LogP contribution in [0.4, 0.5) is 0 Å². The summed E-state index contributed by atoms with van der Waals surface area (Å²) in [6.07, 6.45) is 66.1. The number of rotatable bonds is 54.